The molecule has 7 nitrogen and oxygen atoms in total. The van der Waals surface area contributed by atoms with E-state index in [1.165, 1.54) is 24.8 Å². The molecule has 186 valence electrons. The van der Waals surface area contributed by atoms with Gasteiger partial charge in [-0.15, -0.1) is 0 Å². The van der Waals surface area contributed by atoms with Crippen molar-refractivity contribution in [2.75, 3.05) is 31.1 Å². The van der Waals surface area contributed by atoms with Crippen LogP contribution in [0.2, 0.25) is 0 Å². The summed E-state index contributed by atoms with van der Waals surface area (Å²) in [7, 11) is -2.53. The maximum absolute atomic E-state index is 13.5. The van der Waals surface area contributed by atoms with Gasteiger partial charge >= 0.3 is 0 Å². The number of ether oxygens (including phenoxy) is 2. The highest BCUT2D eigenvalue weighted by Gasteiger charge is 2.28. The van der Waals surface area contributed by atoms with E-state index >= 15 is 0 Å². The highest BCUT2D eigenvalue weighted by atomic mass is 79.9. The quantitative estimate of drug-likeness (QED) is 0.343. The molecule has 0 saturated carbocycles. The second-order valence-electron chi connectivity index (χ2n) is 7.84. The number of nitrogens with zero attached hydrogens (tertiary/aromatic N) is 1. The summed E-state index contributed by atoms with van der Waals surface area (Å²) in [5.74, 6) is 0.782. The molecule has 0 fully saturated rings. The number of nitrogens with one attached hydrogen (secondary N) is 1. The SMILES string of the molecule is CCc1ccc(OCCNC(=O)CN(c2ccc(C)cc2)S(=O)(=O)c2ccc(OC)c(Br)c2)cc1. The Balaban J connectivity index is 1.71. The van der Waals surface area contributed by atoms with Crippen LogP contribution in [-0.2, 0) is 21.2 Å². The lowest BCUT2D eigenvalue weighted by molar-refractivity contribution is -0.119. The lowest BCUT2D eigenvalue weighted by atomic mass is 10.2. The van der Waals surface area contributed by atoms with Crippen molar-refractivity contribution in [3.05, 3.63) is 82.3 Å². The van der Waals surface area contributed by atoms with Gasteiger partial charge in [0, 0.05) is 0 Å². The molecular formula is C26H29BrN2O5S. The van der Waals surface area contributed by atoms with Gasteiger partial charge in [-0.1, -0.05) is 36.8 Å². The van der Waals surface area contributed by atoms with Crippen molar-refractivity contribution in [3.8, 4) is 11.5 Å². The highest BCUT2D eigenvalue weighted by Crippen LogP contribution is 2.30. The Bertz CT molecular complexity index is 1250. The van der Waals surface area contributed by atoms with Crippen LogP contribution >= 0.6 is 15.9 Å². The molecule has 0 heterocycles. The monoisotopic (exact) mass is 560 g/mol. The average Bonchev–Trinajstić information content (AvgIpc) is 2.86. The number of methoxy groups -OCH3 is 1. The molecule has 0 aliphatic rings. The molecule has 0 unspecified atom stereocenters. The van der Waals surface area contributed by atoms with Crippen molar-refractivity contribution in [1.82, 2.24) is 5.32 Å². The Morgan fingerprint density at radius 3 is 2.31 bits per heavy atom. The zero-order valence-electron chi connectivity index (χ0n) is 20.0. The van der Waals surface area contributed by atoms with Crippen LogP contribution < -0.4 is 19.1 Å². The molecule has 0 spiro atoms. The van der Waals surface area contributed by atoms with E-state index in [1.807, 2.05) is 31.2 Å². The molecule has 0 saturated heterocycles. The fourth-order valence-corrected chi connectivity index (χ4v) is 5.47. The number of hydrogen-bond acceptors (Lipinski definition) is 5. The predicted octanol–water partition coefficient (Wildman–Crippen LogP) is 4.72. The highest BCUT2D eigenvalue weighted by molar-refractivity contribution is 9.10. The number of hydrogen-bond donors (Lipinski definition) is 1. The number of amides is 1. The number of sulfonamides is 1. The normalized spacial score (nSPS) is 11.1. The minimum atomic E-state index is -4.03. The van der Waals surface area contributed by atoms with Gasteiger partial charge in [0.1, 0.15) is 24.7 Å². The van der Waals surface area contributed by atoms with Crippen LogP contribution in [0.1, 0.15) is 18.1 Å². The third kappa shape index (κ3) is 6.99. The van der Waals surface area contributed by atoms with E-state index in [0.717, 1.165) is 16.3 Å². The number of carbonyl (C=O) groups is 1. The zero-order chi connectivity index (χ0) is 25.4. The average molecular weight is 561 g/mol. The zero-order valence-corrected chi connectivity index (χ0v) is 22.4. The number of aryl methyl sites for hydroxylation is 2. The third-order valence-corrected chi connectivity index (χ3v) is 7.73. The minimum Gasteiger partial charge on any atom is -0.496 e. The van der Waals surface area contributed by atoms with Gasteiger partial charge in [0.25, 0.3) is 10.0 Å². The first-order chi connectivity index (χ1) is 16.7. The number of anilines is 1. The third-order valence-electron chi connectivity index (χ3n) is 5.34. The second-order valence-corrected chi connectivity index (χ2v) is 10.6. The predicted molar refractivity (Wildman–Crippen MR) is 141 cm³/mol. The number of rotatable bonds is 11. The molecule has 3 aromatic carbocycles. The minimum absolute atomic E-state index is 0.0393. The lowest BCUT2D eigenvalue weighted by Gasteiger charge is -2.24. The van der Waals surface area contributed by atoms with E-state index in [9.17, 15) is 13.2 Å². The number of carbonyl (C=O) groups excluding carboxylic acids is 1. The summed E-state index contributed by atoms with van der Waals surface area (Å²) in [5, 5.41) is 2.74. The van der Waals surface area contributed by atoms with Gasteiger partial charge in [0.15, 0.2) is 0 Å². The summed E-state index contributed by atoms with van der Waals surface area (Å²) in [6.07, 6.45) is 0.949. The molecule has 3 rings (SSSR count). The van der Waals surface area contributed by atoms with Crippen LogP contribution in [-0.4, -0.2) is 41.1 Å². The van der Waals surface area contributed by atoms with Crippen LogP contribution in [0.25, 0.3) is 0 Å². The van der Waals surface area contributed by atoms with Gasteiger partial charge in [-0.2, -0.15) is 0 Å². The standard InChI is InChI=1S/C26H29BrN2O5S/c1-4-20-7-11-22(12-8-20)34-16-15-28-26(30)18-29(21-9-5-19(2)6-10-21)35(31,32)23-13-14-25(33-3)24(27)17-23/h5-14,17H,4,15-16,18H2,1-3H3,(H,28,30). The Hall–Kier alpha value is -3.04. The van der Waals surface area contributed by atoms with Crippen LogP contribution in [0, 0.1) is 6.92 Å². The van der Waals surface area contributed by atoms with E-state index in [1.54, 1.807) is 30.3 Å². The van der Waals surface area contributed by atoms with Crippen molar-refractivity contribution in [2.24, 2.45) is 0 Å². The summed E-state index contributed by atoms with van der Waals surface area (Å²) < 4.78 is 39.5. The molecule has 35 heavy (non-hydrogen) atoms. The van der Waals surface area contributed by atoms with E-state index in [-0.39, 0.29) is 24.6 Å². The first-order valence-electron chi connectivity index (χ1n) is 11.2. The Labute approximate surface area is 215 Å². The first kappa shape index (κ1) is 26.6. The van der Waals surface area contributed by atoms with Crippen LogP contribution in [0.4, 0.5) is 5.69 Å². The molecule has 1 amide bonds. The molecule has 0 aromatic heterocycles. The molecule has 0 aliphatic carbocycles. The van der Waals surface area contributed by atoms with Crippen molar-refractivity contribution >= 4 is 37.5 Å². The molecule has 1 N–H and O–H groups in total. The van der Waals surface area contributed by atoms with Crippen molar-refractivity contribution < 1.29 is 22.7 Å². The molecule has 0 bridgehead atoms. The van der Waals surface area contributed by atoms with Crippen LogP contribution in [0.15, 0.2) is 76.1 Å². The van der Waals surface area contributed by atoms with Gasteiger partial charge in [0.2, 0.25) is 5.91 Å². The summed E-state index contributed by atoms with van der Waals surface area (Å²) >= 11 is 3.33. The van der Waals surface area contributed by atoms with Crippen LogP contribution in [0.3, 0.4) is 0 Å². The van der Waals surface area contributed by atoms with Crippen molar-refractivity contribution in [1.29, 1.82) is 0 Å². The van der Waals surface area contributed by atoms with Crippen molar-refractivity contribution in [3.63, 3.8) is 0 Å². The van der Waals surface area contributed by atoms with Gasteiger partial charge < -0.3 is 14.8 Å². The summed E-state index contributed by atoms with van der Waals surface area (Å²) in [5.41, 5.74) is 2.59. The van der Waals surface area contributed by atoms with Crippen LogP contribution in [0.5, 0.6) is 11.5 Å². The van der Waals surface area contributed by atoms with E-state index < -0.39 is 15.9 Å². The van der Waals surface area contributed by atoms with Gasteiger partial charge in [-0.25, -0.2) is 8.42 Å². The van der Waals surface area contributed by atoms with Gasteiger partial charge in [-0.3, -0.25) is 9.10 Å². The maximum Gasteiger partial charge on any atom is 0.264 e. The number of halogens is 1. The molecule has 0 aliphatic heterocycles. The van der Waals surface area contributed by atoms with Gasteiger partial charge in [-0.05, 0) is 77.3 Å². The maximum atomic E-state index is 13.5. The van der Waals surface area contributed by atoms with E-state index in [0.29, 0.717) is 21.7 Å². The topological polar surface area (TPSA) is 84.9 Å². The molecule has 0 atom stereocenters. The second kappa shape index (κ2) is 12.1. The first-order valence-corrected chi connectivity index (χ1v) is 13.4. The number of benzene rings is 3. The van der Waals surface area contributed by atoms with Crippen molar-refractivity contribution in [2.45, 2.75) is 25.2 Å². The summed E-state index contributed by atoms with van der Waals surface area (Å²) in [6.45, 7) is 4.12. The van der Waals surface area contributed by atoms with E-state index in [2.05, 4.69) is 28.2 Å². The largest absolute Gasteiger partial charge is 0.496 e. The Morgan fingerprint density at radius 2 is 1.71 bits per heavy atom. The smallest absolute Gasteiger partial charge is 0.264 e. The molecule has 0 radical (unpaired) electrons. The molecular weight excluding hydrogens is 532 g/mol. The molecule has 3 aromatic rings. The fraction of sp³-hybridized carbons (Fsp3) is 0.269. The Morgan fingerprint density at radius 1 is 1.03 bits per heavy atom. The fourth-order valence-electron chi connectivity index (χ4n) is 3.33. The molecule has 9 heteroatoms. The lowest BCUT2D eigenvalue weighted by Crippen LogP contribution is -2.41. The summed E-state index contributed by atoms with van der Waals surface area (Å²) in [6, 6.07) is 19.2. The van der Waals surface area contributed by atoms with Gasteiger partial charge in [0.05, 0.1) is 28.7 Å². The van der Waals surface area contributed by atoms with E-state index in [4.69, 9.17) is 9.47 Å². The summed E-state index contributed by atoms with van der Waals surface area (Å²) in [4.78, 5) is 12.8. The Kier molecular flexibility index (Phi) is 9.17.